The quantitative estimate of drug-likeness (QED) is 0.176. The zero-order chi connectivity index (χ0) is 37.5. The van der Waals surface area contributed by atoms with Crippen molar-refractivity contribution in [2.45, 2.75) is 0 Å². The lowest BCUT2D eigenvalue weighted by Gasteiger charge is -2.12. The molecule has 0 fully saturated rings. The van der Waals surface area contributed by atoms with Gasteiger partial charge in [0.1, 0.15) is 11.2 Å². The average molecular weight is 747 g/mol. The van der Waals surface area contributed by atoms with Crippen molar-refractivity contribution in [1.82, 2.24) is 19.5 Å². The lowest BCUT2D eigenvalue weighted by atomic mass is 9.99. The van der Waals surface area contributed by atoms with Crippen molar-refractivity contribution in [1.29, 1.82) is 0 Å². The summed E-state index contributed by atoms with van der Waals surface area (Å²) in [6.45, 7) is 0. The second-order valence-corrected chi connectivity index (χ2v) is 15.4. The molecule has 0 unspecified atom stereocenters. The van der Waals surface area contributed by atoms with E-state index >= 15 is 0 Å². The van der Waals surface area contributed by atoms with Crippen LogP contribution in [-0.2, 0) is 0 Å². The fourth-order valence-electron chi connectivity index (χ4n) is 8.46. The molecule has 0 amide bonds. The molecule has 8 aromatic carbocycles. The highest BCUT2D eigenvalue weighted by Crippen LogP contribution is 2.44. The largest absolute Gasteiger partial charge is 0.456 e. The summed E-state index contributed by atoms with van der Waals surface area (Å²) in [5.41, 5.74) is 10.00. The molecule has 0 radical (unpaired) electrons. The molecule has 4 heterocycles. The monoisotopic (exact) mass is 746 g/mol. The predicted octanol–water partition coefficient (Wildman–Crippen LogP) is 13.9. The van der Waals surface area contributed by atoms with Gasteiger partial charge in [-0.05, 0) is 64.7 Å². The van der Waals surface area contributed by atoms with E-state index < -0.39 is 0 Å². The van der Waals surface area contributed by atoms with Crippen molar-refractivity contribution < 1.29 is 4.42 Å². The Morgan fingerprint density at radius 2 is 1.07 bits per heavy atom. The number of fused-ring (bicyclic) bond motifs is 10. The van der Waals surface area contributed by atoms with E-state index in [1.807, 2.05) is 29.5 Å². The second kappa shape index (κ2) is 12.6. The summed E-state index contributed by atoms with van der Waals surface area (Å²) in [5, 5.41) is 7.05. The summed E-state index contributed by atoms with van der Waals surface area (Å²) in [7, 11) is 0. The van der Waals surface area contributed by atoms with E-state index in [1.54, 1.807) is 0 Å². The molecule has 12 rings (SSSR count). The number of thiophene rings is 1. The lowest BCUT2D eigenvalue weighted by Crippen LogP contribution is -2.06. The molecule has 0 bridgehead atoms. The molecular weight excluding hydrogens is 717 g/mol. The van der Waals surface area contributed by atoms with E-state index in [0.717, 1.165) is 71.7 Å². The molecule has 4 aromatic heterocycles. The van der Waals surface area contributed by atoms with Crippen LogP contribution in [0.25, 0.3) is 115 Å². The minimum atomic E-state index is 0.558. The smallest absolute Gasteiger partial charge is 0.238 e. The maximum absolute atomic E-state index is 6.56. The first-order chi connectivity index (χ1) is 28.2. The molecule has 0 aliphatic heterocycles. The number of nitrogens with zero attached hydrogens (tertiary/aromatic N) is 4. The molecule has 266 valence electrons. The first-order valence-corrected chi connectivity index (χ1v) is 19.8. The first kappa shape index (κ1) is 31.9. The van der Waals surface area contributed by atoms with Crippen molar-refractivity contribution in [2.24, 2.45) is 0 Å². The van der Waals surface area contributed by atoms with Gasteiger partial charge in [0.25, 0.3) is 0 Å². The minimum absolute atomic E-state index is 0.558. The van der Waals surface area contributed by atoms with Crippen molar-refractivity contribution in [3.8, 4) is 51.0 Å². The van der Waals surface area contributed by atoms with Crippen molar-refractivity contribution >= 4 is 75.3 Å². The zero-order valence-corrected chi connectivity index (χ0v) is 31.2. The highest BCUT2D eigenvalue weighted by Gasteiger charge is 2.22. The van der Waals surface area contributed by atoms with Crippen LogP contribution in [0, 0.1) is 0 Å². The Kier molecular flexibility index (Phi) is 7.03. The van der Waals surface area contributed by atoms with Gasteiger partial charge < -0.3 is 4.42 Å². The molecule has 0 saturated carbocycles. The Morgan fingerprint density at radius 1 is 0.404 bits per heavy atom. The van der Waals surface area contributed by atoms with E-state index in [-0.39, 0.29) is 0 Å². The number of benzene rings is 8. The van der Waals surface area contributed by atoms with Gasteiger partial charge in [-0.25, -0.2) is 4.98 Å². The summed E-state index contributed by atoms with van der Waals surface area (Å²) in [5.74, 6) is 1.72. The molecule has 0 saturated heterocycles. The lowest BCUT2D eigenvalue weighted by molar-refractivity contribution is 0.669. The van der Waals surface area contributed by atoms with Gasteiger partial charge in [-0.2, -0.15) is 9.97 Å². The van der Waals surface area contributed by atoms with E-state index in [9.17, 15) is 0 Å². The third kappa shape index (κ3) is 5.04. The Labute approximate surface area is 330 Å². The van der Waals surface area contributed by atoms with Crippen LogP contribution in [0.1, 0.15) is 0 Å². The number of furan rings is 1. The van der Waals surface area contributed by atoms with Gasteiger partial charge in [0.05, 0.1) is 11.0 Å². The molecule has 57 heavy (non-hydrogen) atoms. The Morgan fingerprint density at radius 3 is 1.91 bits per heavy atom. The van der Waals surface area contributed by atoms with E-state index in [0.29, 0.717) is 17.6 Å². The van der Waals surface area contributed by atoms with Gasteiger partial charge in [0.15, 0.2) is 11.6 Å². The van der Waals surface area contributed by atoms with Crippen LogP contribution >= 0.6 is 11.3 Å². The summed E-state index contributed by atoms with van der Waals surface area (Å²) in [6, 6.07) is 63.6. The molecule has 12 aromatic rings. The Hall–Kier alpha value is -7.41. The molecule has 0 atom stereocenters. The molecular formula is C51H30N4OS. The molecule has 0 aliphatic carbocycles. The van der Waals surface area contributed by atoms with Gasteiger partial charge in [0.2, 0.25) is 5.95 Å². The van der Waals surface area contributed by atoms with Crippen LogP contribution < -0.4 is 0 Å². The van der Waals surface area contributed by atoms with Crippen LogP contribution in [0.2, 0.25) is 0 Å². The first-order valence-electron chi connectivity index (χ1n) is 19.0. The molecule has 6 heteroatoms. The third-order valence-corrected chi connectivity index (χ3v) is 12.3. The highest BCUT2D eigenvalue weighted by atomic mass is 32.1. The number of hydrogen-bond donors (Lipinski definition) is 0. The van der Waals surface area contributed by atoms with Gasteiger partial charge in [-0.15, -0.1) is 11.3 Å². The van der Waals surface area contributed by atoms with Crippen LogP contribution in [0.15, 0.2) is 186 Å². The summed E-state index contributed by atoms with van der Waals surface area (Å²) < 4.78 is 11.3. The zero-order valence-electron chi connectivity index (χ0n) is 30.4. The number of rotatable bonds is 5. The summed E-state index contributed by atoms with van der Waals surface area (Å²) in [6.07, 6.45) is 0. The van der Waals surface area contributed by atoms with E-state index in [1.165, 1.54) is 25.6 Å². The summed E-state index contributed by atoms with van der Waals surface area (Å²) >= 11 is 1.84. The minimum Gasteiger partial charge on any atom is -0.456 e. The SMILES string of the molecule is c1ccc(-c2cccc(-c3nc(-c4ccc5c(c4)oc4cccc(-c6ccccc6)c45)nc(-n4c5ccccc5c5c6sc7ccccc7c6ccc54)n3)c2)cc1. The molecule has 0 aliphatic rings. The fraction of sp³-hybridized carbons (Fsp3) is 0. The molecule has 0 spiro atoms. The van der Waals surface area contributed by atoms with Crippen molar-refractivity contribution in [3.63, 3.8) is 0 Å². The number of para-hydroxylation sites is 1. The standard InChI is InChI=1S/C51H30N4OS/c1-3-13-31(14-4-1)33-17-11-18-34(29-33)49-52-50(35-25-26-40-44(30-35)56-43-23-12-21-36(46(40)43)32-15-5-2-6-16-32)54-51(53-49)55-41-22-9-7-20-39(41)47-42(55)28-27-38-37-19-8-10-24-45(37)57-48(38)47/h1-30H. The van der Waals surface area contributed by atoms with Crippen molar-refractivity contribution in [2.75, 3.05) is 0 Å². The topological polar surface area (TPSA) is 56.7 Å². The fourth-order valence-corrected chi connectivity index (χ4v) is 9.72. The Balaban J connectivity index is 1.11. The van der Waals surface area contributed by atoms with Crippen LogP contribution in [0.4, 0.5) is 0 Å². The van der Waals surface area contributed by atoms with Crippen LogP contribution in [-0.4, -0.2) is 19.5 Å². The summed E-state index contributed by atoms with van der Waals surface area (Å²) in [4.78, 5) is 15.8. The van der Waals surface area contributed by atoms with Gasteiger partial charge >= 0.3 is 0 Å². The number of aromatic nitrogens is 4. The van der Waals surface area contributed by atoms with Gasteiger partial charge in [-0.1, -0.05) is 140 Å². The normalized spacial score (nSPS) is 11.9. The Bertz CT molecular complexity index is 3530. The number of hydrogen-bond acceptors (Lipinski definition) is 5. The van der Waals surface area contributed by atoms with E-state index in [4.69, 9.17) is 19.4 Å². The van der Waals surface area contributed by atoms with Crippen LogP contribution in [0.5, 0.6) is 0 Å². The van der Waals surface area contributed by atoms with Gasteiger partial charge in [0, 0.05) is 52.8 Å². The molecule has 0 N–H and O–H groups in total. The highest BCUT2D eigenvalue weighted by molar-refractivity contribution is 7.26. The second-order valence-electron chi connectivity index (χ2n) is 14.4. The van der Waals surface area contributed by atoms with Crippen molar-refractivity contribution in [3.05, 3.63) is 182 Å². The van der Waals surface area contributed by atoms with Crippen LogP contribution in [0.3, 0.4) is 0 Å². The molecule has 5 nitrogen and oxygen atoms in total. The maximum Gasteiger partial charge on any atom is 0.238 e. The van der Waals surface area contributed by atoms with Gasteiger partial charge in [-0.3, -0.25) is 4.57 Å². The maximum atomic E-state index is 6.56. The van der Waals surface area contributed by atoms with E-state index in [2.05, 4.69) is 168 Å². The predicted molar refractivity (Wildman–Crippen MR) is 236 cm³/mol. The average Bonchev–Trinajstić information content (AvgIpc) is 3.96. The third-order valence-electron chi connectivity index (χ3n) is 11.1.